The number of benzene rings is 1. The summed E-state index contributed by atoms with van der Waals surface area (Å²) in [5.41, 5.74) is 2.09. The second-order valence-corrected chi connectivity index (χ2v) is 2.94. The molecule has 3 nitrogen and oxygen atoms in total. The van der Waals surface area contributed by atoms with Crippen molar-refractivity contribution in [1.29, 1.82) is 0 Å². The fraction of sp³-hybridized carbons (Fsp3) is 0.200. The van der Waals surface area contributed by atoms with Crippen molar-refractivity contribution in [2.24, 2.45) is 0 Å². The van der Waals surface area contributed by atoms with Crippen LogP contribution in [0.25, 0.3) is 0 Å². The van der Waals surface area contributed by atoms with E-state index in [1.54, 1.807) is 18.2 Å². The summed E-state index contributed by atoms with van der Waals surface area (Å²) < 4.78 is 0. The van der Waals surface area contributed by atoms with Gasteiger partial charge in [-0.1, -0.05) is 11.6 Å². The first-order chi connectivity index (χ1) is 6.11. The summed E-state index contributed by atoms with van der Waals surface area (Å²) in [4.78, 5) is 20.8. The fourth-order valence-electron chi connectivity index (χ4n) is 1.24. The molecule has 1 aromatic carbocycles. The summed E-state index contributed by atoms with van der Waals surface area (Å²) in [6.07, 6.45) is 0.681. The molecular weight excluding hydrogens is 168 g/mol. The summed E-state index contributed by atoms with van der Waals surface area (Å²) >= 11 is 0. The van der Waals surface area contributed by atoms with Gasteiger partial charge in [-0.3, -0.25) is 9.59 Å². The van der Waals surface area contributed by atoms with E-state index >= 15 is 0 Å². The Morgan fingerprint density at radius 1 is 1.46 bits per heavy atom. The van der Waals surface area contributed by atoms with E-state index in [0.717, 1.165) is 11.8 Å². The molecule has 1 rings (SSSR count). The second-order valence-electron chi connectivity index (χ2n) is 2.94. The van der Waals surface area contributed by atoms with Gasteiger partial charge in [0.15, 0.2) is 0 Å². The van der Waals surface area contributed by atoms with Gasteiger partial charge >= 0.3 is 5.97 Å². The van der Waals surface area contributed by atoms with Gasteiger partial charge in [0.2, 0.25) is 0 Å². The lowest BCUT2D eigenvalue weighted by molar-refractivity contribution is -0.136. The largest absolute Gasteiger partial charge is 0.481 e. The third-order valence-electron chi connectivity index (χ3n) is 1.65. The SMILES string of the molecule is Cc1cc(C=O)cc(CC(=O)O)c1. The summed E-state index contributed by atoms with van der Waals surface area (Å²) in [5.74, 6) is -0.887. The van der Waals surface area contributed by atoms with Crippen LogP contribution in [0.5, 0.6) is 0 Å². The lowest BCUT2D eigenvalue weighted by atomic mass is 10.1. The van der Waals surface area contributed by atoms with E-state index in [1.165, 1.54) is 0 Å². The monoisotopic (exact) mass is 178 g/mol. The molecule has 1 aromatic rings. The van der Waals surface area contributed by atoms with Crippen LogP contribution in [0, 0.1) is 6.92 Å². The smallest absolute Gasteiger partial charge is 0.307 e. The molecule has 0 atom stereocenters. The predicted molar refractivity (Wildman–Crippen MR) is 47.9 cm³/mol. The summed E-state index contributed by atoms with van der Waals surface area (Å²) in [6.45, 7) is 1.83. The van der Waals surface area contributed by atoms with E-state index in [4.69, 9.17) is 5.11 Å². The number of carbonyl (C=O) groups is 2. The molecule has 0 fully saturated rings. The average Bonchev–Trinajstić information content (AvgIpc) is 2.01. The maximum Gasteiger partial charge on any atom is 0.307 e. The van der Waals surface area contributed by atoms with Crippen LogP contribution in [0.1, 0.15) is 21.5 Å². The molecule has 3 heteroatoms. The zero-order valence-corrected chi connectivity index (χ0v) is 7.28. The highest BCUT2D eigenvalue weighted by atomic mass is 16.4. The number of carboxylic acid groups (broad SMARTS) is 1. The normalized spacial score (nSPS) is 9.62. The van der Waals surface area contributed by atoms with Crippen molar-refractivity contribution in [2.45, 2.75) is 13.3 Å². The van der Waals surface area contributed by atoms with Gasteiger partial charge in [0.25, 0.3) is 0 Å². The molecule has 1 N–H and O–H groups in total. The molecule has 0 aromatic heterocycles. The Hall–Kier alpha value is -1.64. The first kappa shape index (κ1) is 9.45. The number of aryl methyl sites for hydroxylation is 1. The molecule has 13 heavy (non-hydrogen) atoms. The maximum absolute atomic E-state index is 10.4. The Morgan fingerprint density at radius 3 is 2.69 bits per heavy atom. The van der Waals surface area contributed by atoms with Crippen molar-refractivity contribution < 1.29 is 14.7 Å². The first-order valence-corrected chi connectivity index (χ1v) is 3.89. The van der Waals surface area contributed by atoms with Gasteiger partial charge in [-0.05, 0) is 24.6 Å². The molecule has 0 aliphatic carbocycles. The Balaban J connectivity index is 3.01. The van der Waals surface area contributed by atoms with Crippen LogP contribution in [0.15, 0.2) is 18.2 Å². The Labute approximate surface area is 76.0 Å². The van der Waals surface area contributed by atoms with Crippen LogP contribution in [0.2, 0.25) is 0 Å². The van der Waals surface area contributed by atoms with Crippen LogP contribution in [0.4, 0.5) is 0 Å². The lowest BCUT2D eigenvalue weighted by Gasteiger charge is -2.00. The van der Waals surface area contributed by atoms with E-state index in [2.05, 4.69) is 0 Å². The number of hydrogen-bond donors (Lipinski definition) is 1. The van der Waals surface area contributed by atoms with Crippen LogP contribution < -0.4 is 0 Å². The van der Waals surface area contributed by atoms with E-state index in [-0.39, 0.29) is 6.42 Å². The number of aliphatic carboxylic acids is 1. The Bertz CT molecular complexity index is 342. The highest BCUT2D eigenvalue weighted by Crippen LogP contribution is 2.08. The molecule has 0 bridgehead atoms. The number of aldehydes is 1. The standard InChI is InChI=1S/C10H10O3/c1-7-2-8(5-10(12)13)4-9(3-7)6-11/h2-4,6H,5H2,1H3,(H,12,13). The molecule has 0 aliphatic rings. The minimum Gasteiger partial charge on any atom is -0.481 e. The molecular formula is C10H10O3. The Morgan fingerprint density at radius 2 is 2.15 bits per heavy atom. The summed E-state index contributed by atoms with van der Waals surface area (Å²) in [5, 5.41) is 8.53. The number of hydrogen-bond acceptors (Lipinski definition) is 2. The van der Waals surface area contributed by atoms with Gasteiger partial charge in [-0.15, -0.1) is 0 Å². The molecule has 0 amide bonds. The number of rotatable bonds is 3. The molecule has 0 saturated carbocycles. The van der Waals surface area contributed by atoms with Crippen molar-refractivity contribution in [3.63, 3.8) is 0 Å². The van der Waals surface area contributed by atoms with Gasteiger partial charge in [-0.25, -0.2) is 0 Å². The molecule has 0 spiro atoms. The van der Waals surface area contributed by atoms with Crippen molar-refractivity contribution >= 4 is 12.3 Å². The van der Waals surface area contributed by atoms with Gasteiger partial charge in [0.05, 0.1) is 6.42 Å². The molecule has 0 radical (unpaired) electrons. The number of carbonyl (C=O) groups excluding carboxylic acids is 1. The molecule has 68 valence electrons. The second kappa shape index (κ2) is 3.85. The first-order valence-electron chi connectivity index (χ1n) is 3.89. The summed E-state index contributed by atoms with van der Waals surface area (Å²) in [6, 6.07) is 5.08. The minimum atomic E-state index is -0.887. The van der Waals surface area contributed by atoms with E-state index in [0.29, 0.717) is 11.1 Å². The molecule has 0 aliphatic heterocycles. The van der Waals surface area contributed by atoms with Crippen molar-refractivity contribution in [1.82, 2.24) is 0 Å². The van der Waals surface area contributed by atoms with E-state index in [1.807, 2.05) is 6.92 Å². The third kappa shape index (κ3) is 2.71. The molecule has 0 saturated heterocycles. The third-order valence-corrected chi connectivity index (χ3v) is 1.65. The topological polar surface area (TPSA) is 54.4 Å². The van der Waals surface area contributed by atoms with Crippen molar-refractivity contribution in [3.8, 4) is 0 Å². The molecule has 0 heterocycles. The Kier molecular flexibility index (Phi) is 2.80. The van der Waals surface area contributed by atoms with Crippen molar-refractivity contribution in [2.75, 3.05) is 0 Å². The van der Waals surface area contributed by atoms with Crippen LogP contribution in [-0.2, 0) is 11.2 Å². The quantitative estimate of drug-likeness (QED) is 0.712. The lowest BCUT2D eigenvalue weighted by Crippen LogP contribution is -2.01. The van der Waals surface area contributed by atoms with Crippen LogP contribution in [-0.4, -0.2) is 17.4 Å². The zero-order chi connectivity index (χ0) is 9.84. The number of carboxylic acids is 1. The molecule has 0 unspecified atom stereocenters. The van der Waals surface area contributed by atoms with E-state index in [9.17, 15) is 9.59 Å². The maximum atomic E-state index is 10.4. The van der Waals surface area contributed by atoms with Crippen LogP contribution >= 0.6 is 0 Å². The highest BCUT2D eigenvalue weighted by molar-refractivity contribution is 5.77. The zero-order valence-electron chi connectivity index (χ0n) is 7.28. The van der Waals surface area contributed by atoms with E-state index < -0.39 is 5.97 Å². The van der Waals surface area contributed by atoms with Gasteiger partial charge in [-0.2, -0.15) is 0 Å². The average molecular weight is 178 g/mol. The van der Waals surface area contributed by atoms with Gasteiger partial charge in [0, 0.05) is 5.56 Å². The van der Waals surface area contributed by atoms with Crippen LogP contribution in [0.3, 0.4) is 0 Å². The van der Waals surface area contributed by atoms with Gasteiger partial charge in [0.1, 0.15) is 6.29 Å². The minimum absolute atomic E-state index is 0.0392. The summed E-state index contributed by atoms with van der Waals surface area (Å²) in [7, 11) is 0. The predicted octanol–water partition coefficient (Wildman–Crippen LogP) is 1.43. The van der Waals surface area contributed by atoms with Crippen molar-refractivity contribution in [3.05, 3.63) is 34.9 Å². The fourth-order valence-corrected chi connectivity index (χ4v) is 1.24. The van der Waals surface area contributed by atoms with Gasteiger partial charge < -0.3 is 5.11 Å². The highest BCUT2D eigenvalue weighted by Gasteiger charge is 2.02.